The van der Waals surface area contributed by atoms with Crippen LogP contribution < -0.4 is 0 Å². The summed E-state index contributed by atoms with van der Waals surface area (Å²) < 4.78 is 7.00. The van der Waals surface area contributed by atoms with Crippen LogP contribution in [0.2, 0.25) is 0 Å². The summed E-state index contributed by atoms with van der Waals surface area (Å²) >= 11 is 0. The molecule has 0 aliphatic carbocycles. The maximum absolute atomic E-state index is 4.98. The predicted molar refractivity (Wildman–Crippen MR) is 177 cm³/mol. The topological polar surface area (TPSA) is 40.1 Å². The van der Waals surface area contributed by atoms with Crippen LogP contribution in [0.5, 0.6) is 0 Å². The van der Waals surface area contributed by atoms with Crippen LogP contribution in [-0.2, 0) is 0 Å². The van der Waals surface area contributed by atoms with Crippen LogP contribution in [0.1, 0.15) is 0 Å². The monoisotopic (exact) mass is 549 g/mol. The molecule has 0 saturated heterocycles. The fraction of sp³-hybridized carbons (Fsp3) is 0. The van der Waals surface area contributed by atoms with Gasteiger partial charge >= 0.3 is 0 Å². The van der Waals surface area contributed by atoms with Gasteiger partial charge in [0.25, 0.3) is 0 Å². The molecule has 0 aliphatic rings. The zero-order valence-electron chi connectivity index (χ0n) is 23.0. The molecular formula is C38H23N5. The van der Waals surface area contributed by atoms with E-state index in [2.05, 4.69) is 129 Å². The zero-order chi connectivity index (χ0) is 28.1. The molecule has 5 nitrogen and oxygen atoms in total. The SMILES string of the molecule is c1ccc(-n2c3ccccc3c3c2ccc2c4ccc5c(c6ncccc6n6ccnc56)c4n(-c4ccccc4)c23)cc1. The van der Waals surface area contributed by atoms with E-state index in [9.17, 15) is 0 Å². The van der Waals surface area contributed by atoms with Gasteiger partial charge in [-0.1, -0.05) is 66.7 Å². The van der Waals surface area contributed by atoms with Crippen LogP contribution in [0.3, 0.4) is 0 Å². The number of para-hydroxylation sites is 3. The lowest BCUT2D eigenvalue weighted by Gasteiger charge is -2.13. The molecule has 10 rings (SSSR count). The average molecular weight is 550 g/mol. The van der Waals surface area contributed by atoms with E-state index < -0.39 is 0 Å². The van der Waals surface area contributed by atoms with Crippen molar-refractivity contribution >= 4 is 71.1 Å². The van der Waals surface area contributed by atoms with Crippen molar-refractivity contribution in [3.8, 4) is 11.4 Å². The van der Waals surface area contributed by atoms with Gasteiger partial charge in [0.05, 0.1) is 33.1 Å². The van der Waals surface area contributed by atoms with Gasteiger partial charge in [0.15, 0.2) is 0 Å². The third kappa shape index (κ3) is 2.90. The number of hydrogen-bond donors (Lipinski definition) is 0. The molecule has 5 heterocycles. The summed E-state index contributed by atoms with van der Waals surface area (Å²) in [4.78, 5) is 9.79. The Hall–Kier alpha value is -5.94. The van der Waals surface area contributed by atoms with Gasteiger partial charge < -0.3 is 9.13 Å². The van der Waals surface area contributed by atoms with Crippen molar-refractivity contribution in [1.29, 1.82) is 0 Å². The van der Waals surface area contributed by atoms with E-state index in [0.717, 1.165) is 44.3 Å². The second-order valence-corrected chi connectivity index (χ2v) is 11.1. The molecule has 0 atom stereocenters. The van der Waals surface area contributed by atoms with E-state index in [-0.39, 0.29) is 0 Å². The fourth-order valence-electron chi connectivity index (χ4n) is 7.24. The summed E-state index contributed by atoms with van der Waals surface area (Å²) in [5.41, 5.74) is 9.95. The van der Waals surface area contributed by atoms with Crippen molar-refractivity contribution in [2.24, 2.45) is 0 Å². The molecule has 0 saturated carbocycles. The van der Waals surface area contributed by atoms with Crippen LogP contribution in [0, 0.1) is 0 Å². The molecule has 10 aromatic rings. The highest BCUT2D eigenvalue weighted by molar-refractivity contribution is 6.31. The van der Waals surface area contributed by atoms with Crippen LogP contribution in [0.4, 0.5) is 0 Å². The summed E-state index contributed by atoms with van der Waals surface area (Å²) in [5.74, 6) is 0. The maximum Gasteiger partial charge on any atom is 0.145 e. The Balaban J connectivity index is 1.53. The van der Waals surface area contributed by atoms with Gasteiger partial charge in [-0.05, 0) is 54.6 Å². The minimum Gasteiger partial charge on any atom is -0.309 e. The third-order valence-electron chi connectivity index (χ3n) is 8.92. The molecule has 5 heteroatoms. The number of imidazole rings is 1. The summed E-state index contributed by atoms with van der Waals surface area (Å²) in [6, 6.07) is 43.4. The lowest BCUT2D eigenvalue weighted by Crippen LogP contribution is -1.98. The molecule has 5 aromatic carbocycles. The van der Waals surface area contributed by atoms with E-state index in [1.54, 1.807) is 0 Å². The number of aromatic nitrogens is 5. The Labute approximate surface area is 245 Å². The number of benzene rings is 5. The largest absolute Gasteiger partial charge is 0.309 e. The highest BCUT2D eigenvalue weighted by atomic mass is 15.0. The number of nitrogens with zero attached hydrogens (tertiary/aromatic N) is 5. The number of hydrogen-bond acceptors (Lipinski definition) is 2. The molecule has 5 aromatic heterocycles. The lowest BCUT2D eigenvalue weighted by molar-refractivity contribution is 1.18. The van der Waals surface area contributed by atoms with Crippen LogP contribution in [0.15, 0.2) is 140 Å². The maximum atomic E-state index is 4.98. The van der Waals surface area contributed by atoms with Crippen molar-refractivity contribution < 1.29 is 0 Å². The quantitative estimate of drug-likeness (QED) is 0.202. The van der Waals surface area contributed by atoms with Crippen molar-refractivity contribution in [2.45, 2.75) is 0 Å². The average Bonchev–Trinajstić information content (AvgIpc) is 3.78. The number of pyridine rings is 2. The Morgan fingerprint density at radius 1 is 0.419 bits per heavy atom. The molecule has 0 amide bonds. The molecule has 0 bridgehead atoms. The first-order chi connectivity index (χ1) is 21.4. The molecule has 43 heavy (non-hydrogen) atoms. The lowest BCUT2D eigenvalue weighted by atomic mass is 10.0. The van der Waals surface area contributed by atoms with Gasteiger partial charge in [0.2, 0.25) is 0 Å². The van der Waals surface area contributed by atoms with Gasteiger partial charge in [0, 0.05) is 62.3 Å². The smallest absolute Gasteiger partial charge is 0.145 e. The van der Waals surface area contributed by atoms with Crippen LogP contribution in [0.25, 0.3) is 82.4 Å². The predicted octanol–water partition coefficient (Wildman–Crippen LogP) is 9.23. The van der Waals surface area contributed by atoms with Gasteiger partial charge in [-0.15, -0.1) is 0 Å². The Bertz CT molecular complexity index is 2710. The Morgan fingerprint density at radius 3 is 1.88 bits per heavy atom. The standard InChI is InChI=1S/C38H23N5/c1-3-10-24(11-4-1)42-30-15-8-7-14-28(30)33-31(42)20-19-27-26-17-18-29-34(37(26)43(36(27)33)25-12-5-2-6-13-25)35-32(16-9-21-39-35)41-23-22-40-38(29)41/h1-23H. The molecule has 0 N–H and O–H groups in total. The van der Waals surface area contributed by atoms with E-state index in [1.165, 1.54) is 38.1 Å². The summed E-state index contributed by atoms with van der Waals surface area (Å²) in [6.07, 6.45) is 5.79. The highest BCUT2D eigenvalue weighted by Crippen LogP contribution is 2.45. The molecule has 0 aliphatic heterocycles. The molecule has 0 radical (unpaired) electrons. The van der Waals surface area contributed by atoms with Crippen LogP contribution >= 0.6 is 0 Å². The summed E-state index contributed by atoms with van der Waals surface area (Å²) in [7, 11) is 0. The molecule has 0 fully saturated rings. The normalized spacial score (nSPS) is 12.2. The van der Waals surface area contributed by atoms with Crippen molar-refractivity contribution in [2.75, 3.05) is 0 Å². The van der Waals surface area contributed by atoms with Gasteiger partial charge in [-0.2, -0.15) is 0 Å². The first kappa shape index (κ1) is 22.7. The van der Waals surface area contributed by atoms with Gasteiger partial charge in [-0.3, -0.25) is 9.38 Å². The van der Waals surface area contributed by atoms with Crippen molar-refractivity contribution in [3.63, 3.8) is 0 Å². The second kappa shape index (κ2) is 8.30. The summed E-state index contributed by atoms with van der Waals surface area (Å²) in [6.45, 7) is 0. The first-order valence-electron chi connectivity index (χ1n) is 14.5. The molecule has 0 spiro atoms. The minimum absolute atomic E-state index is 0.938. The van der Waals surface area contributed by atoms with Gasteiger partial charge in [-0.25, -0.2) is 4.98 Å². The van der Waals surface area contributed by atoms with E-state index in [4.69, 9.17) is 9.97 Å². The zero-order valence-corrected chi connectivity index (χ0v) is 23.0. The number of fused-ring (bicyclic) bond motifs is 14. The van der Waals surface area contributed by atoms with E-state index >= 15 is 0 Å². The Morgan fingerprint density at radius 2 is 1.07 bits per heavy atom. The van der Waals surface area contributed by atoms with Gasteiger partial charge in [0.1, 0.15) is 5.65 Å². The van der Waals surface area contributed by atoms with Crippen LogP contribution in [-0.4, -0.2) is 23.5 Å². The molecule has 0 unspecified atom stereocenters. The Kier molecular flexibility index (Phi) is 4.39. The molecule has 200 valence electrons. The fourth-order valence-corrected chi connectivity index (χ4v) is 7.24. The number of rotatable bonds is 2. The van der Waals surface area contributed by atoms with E-state index in [1.807, 2.05) is 24.7 Å². The van der Waals surface area contributed by atoms with Crippen molar-refractivity contribution in [1.82, 2.24) is 23.5 Å². The van der Waals surface area contributed by atoms with E-state index in [0.29, 0.717) is 0 Å². The minimum atomic E-state index is 0.938. The summed E-state index contributed by atoms with van der Waals surface area (Å²) in [5, 5.41) is 7.10. The highest BCUT2D eigenvalue weighted by Gasteiger charge is 2.23. The first-order valence-corrected chi connectivity index (χ1v) is 14.5. The second-order valence-electron chi connectivity index (χ2n) is 11.1. The molecular weight excluding hydrogens is 526 g/mol. The van der Waals surface area contributed by atoms with Crippen molar-refractivity contribution in [3.05, 3.63) is 140 Å². The third-order valence-corrected chi connectivity index (χ3v) is 8.92.